The fourth-order valence-corrected chi connectivity index (χ4v) is 2.57. The van der Waals surface area contributed by atoms with Crippen LogP contribution in [0.15, 0.2) is 29.2 Å². The fraction of sp³-hybridized carbons (Fsp3) is 0.400. The van der Waals surface area contributed by atoms with Crippen molar-refractivity contribution in [2.24, 2.45) is 0 Å². The van der Waals surface area contributed by atoms with Gasteiger partial charge in [0.2, 0.25) is 0 Å². The maximum Gasteiger partial charge on any atom is 0.0717 e. The van der Waals surface area contributed by atoms with Crippen LogP contribution in [0.5, 0.6) is 0 Å². The summed E-state index contributed by atoms with van der Waals surface area (Å²) in [6.45, 7) is 0.735. The van der Waals surface area contributed by atoms with E-state index >= 15 is 0 Å². The van der Waals surface area contributed by atoms with Crippen molar-refractivity contribution in [3.63, 3.8) is 0 Å². The second-order valence-corrected chi connectivity index (χ2v) is 4.61. The van der Waals surface area contributed by atoms with Crippen LogP contribution in [0, 0.1) is 0 Å². The lowest BCUT2D eigenvalue weighted by Crippen LogP contribution is -2.23. The number of hydrogen-bond acceptors (Lipinski definition) is 3. The predicted molar refractivity (Wildman–Crippen MR) is 54.6 cm³/mol. The summed E-state index contributed by atoms with van der Waals surface area (Å²) in [5.41, 5.74) is 1.25. The van der Waals surface area contributed by atoms with E-state index < -0.39 is 0 Å². The van der Waals surface area contributed by atoms with E-state index in [1.165, 1.54) is 10.5 Å². The van der Waals surface area contributed by atoms with Crippen molar-refractivity contribution in [2.75, 3.05) is 13.6 Å². The second kappa shape index (κ2) is 3.70. The van der Waals surface area contributed by atoms with Crippen molar-refractivity contribution >= 4 is 11.9 Å². The Labute approximate surface area is 82.7 Å². The van der Waals surface area contributed by atoms with Crippen LogP contribution in [0.1, 0.15) is 5.56 Å². The lowest BCUT2D eigenvalue weighted by atomic mass is 10.1. The normalized spacial score (nSPS) is 23.7. The maximum atomic E-state index is 9.65. The molecule has 0 saturated carbocycles. The molecule has 13 heavy (non-hydrogen) atoms. The van der Waals surface area contributed by atoms with Gasteiger partial charge in [0.15, 0.2) is 0 Å². The highest BCUT2D eigenvalue weighted by Gasteiger charge is 2.17. The van der Waals surface area contributed by atoms with E-state index in [9.17, 15) is 5.11 Å². The molecule has 0 spiro atoms. The number of β-amino-alcohol motifs (C(OH)–C–C–N with tert-alkyl or cyclic N) is 1. The summed E-state index contributed by atoms with van der Waals surface area (Å²) in [4.78, 5) is 1.27. The molecule has 1 aliphatic heterocycles. The molecular weight excluding hydrogens is 182 g/mol. The van der Waals surface area contributed by atoms with E-state index in [-0.39, 0.29) is 6.10 Å². The largest absolute Gasteiger partial charge is 0.391 e. The first kappa shape index (κ1) is 9.06. The Morgan fingerprint density at radius 3 is 3.08 bits per heavy atom. The van der Waals surface area contributed by atoms with E-state index in [2.05, 4.69) is 16.4 Å². The lowest BCUT2D eigenvalue weighted by Gasteiger charge is -2.13. The number of nitrogens with zero attached hydrogens (tertiary/aromatic N) is 1. The highest BCUT2D eigenvalue weighted by molar-refractivity contribution is 7.97. The van der Waals surface area contributed by atoms with Gasteiger partial charge in [0.1, 0.15) is 0 Å². The van der Waals surface area contributed by atoms with Gasteiger partial charge in [-0.05, 0) is 30.6 Å². The Balaban J connectivity index is 2.32. The summed E-state index contributed by atoms with van der Waals surface area (Å²) in [6, 6.07) is 8.26. The van der Waals surface area contributed by atoms with Crippen molar-refractivity contribution in [3.8, 4) is 0 Å². The summed E-state index contributed by atoms with van der Waals surface area (Å²) < 4.78 is 2.08. The molecule has 0 bridgehead atoms. The molecule has 0 aliphatic carbocycles. The minimum atomic E-state index is -0.235. The number of rotatable bonds is 0. The molecule has 1 atom stereocenters. The average molecular weight is 195 g/mol. The maximum absolute atomic E-state index is 9.65. The van der Waals surface area contributed by atoms with Crippen molar-refractivity contribution in [1.82, 2.24) is 4.31 Å². The van der Waals surface area contributed by atoms with E-state index in [0.717, 1.165) is 13.0 Å². The van der Waals surface area contributed by atoms with Crippen molar-refractivity contribution < 1.29 is 5.11 Å². The third kappa shape index (κ3) is 2.05. The number of hydrogen-bond donors (Lipinski definition) is 1. The fourth-order valence-electron chi connectivity index (χ4n) is 1.58. The minimum Gasteiger partial charge on any atom is -0.391 e. The van der Waals surface area contributed by atoms with E-state index in [4.69, 9.17) is 0 Å². The highest BCUT2D eigenvalue weighted by Crippen LogP contribution is 2.29. The monoisotopic (exact) mass is 195 g/mol. The molecule has 2 rings (SSSR count). The third-order valence-corrected chi connectivity index (χ3v) is 3.21. The Hall–Kier alpha value is -0.510. The van der Waals surface area contributed by atoms with Gasteiger partial charge in [-0.25, -0.2) is 4.31 Å². The first-order chi connectivity index (χ1) is 6.25. The molecule has 1 N–H and O–H groups in total. The smallest absolute Gasteiger partial charge is 0.0717 e. The topological polar surface area (TPSA) is 23.5 Å². The highest BCUT2D eigenvalue weighted by atomic mass is 32.2. The summed E-state index contributed by atoms with van der Waals surface area (Å²) >= 11 is 1.71. The van der Waals surface area contributed by atoms with Gasteiger partial charge in [0.05, 0.1) is 6.10 Å². The Morgan fingerprint density at radius 2 is 2.23 bits per heavy atom. The molecule has 0 amide bonds. The quantitative estimate of drug-likeness (QED) is 0.635. The molecule has 1 aromatic rings. The molecule has 1 aromatic carbocycles. The van der Waals surface area contributed by atoms with Gasteiger partial charge in [-0.2, -0.15) is 0 Å². The zero-order valence-electron chi connectivity index (χ0n) is 7.60. The zero-order chi connectivity index (χ0) is 9.26. The van der Waals surface area contributed by atoms with Crippen LogP contribution < -0.4 is 0 Å². The molecule has 1 unspecified atom stereocenters. The standard InChI is InChI=1S/C10H13NOS/c1-11-7-9(12)6-8-4-2-3-5-10(8)13-11/h2-5,9,12H,6-7H2,1H3. The first-order valence-electron chi connectivity index (χ1n) is 4.41. The van der Waals surface area contributed by atoms with E-state index in [1.807, 2.05) is 19.2 Å². The molecule has 0 saturated heterocycles. The SMILES string of the molecule is CN1CC(O)Cc2ccccc2S1. The average Bonchev–Trinajstić information content (AvgIpc) is 2.20. The number of likely N-dealkylation sites (N-methyl/N-ethyl adjacent to an activating group) is 1. The lowest BCUT2D eigenvalue weighted by molar-refractivity contribution is 0.158. The first-order valence-corrected chi connectivity index (χ1v) is 5.18. The Kier molecular flexibility index (Phi) is 2.58. The van der Waals surface area contributed by atoms with Crippen LogP contribution in [-0.4, -0.2) is 29.1 Å². The summed E-state index contributed by atoms with van der Waals surface area (Å²) in [5.74, 6) is 0. The summed E-state index contributed by atoms with van der Waals surface area (Å²) in [7, 11) is 2.01. The number of aliphatic hydroxyl groups is 1. The summed E-state index contributed by atoms with van der Waals surface area (Å²) in [5, 5.41) is 9.65. The van der Waals surface area contributed by atoms with Crippen LogP contribution in [0.2, 0.25) is 0 Å². The van der Waals surface area contributed by atoms with Gasteiger partial charge < -0.3 is 5.11 Å². The van der Waals surface area contributed by atoms with Crippen LogP contribution in [0.3, 0.4) is 0 Å². The molecule has 1 aliphatic rings. The molecule has 2 nitrogen and oxygen atoms in total. The second-order valence-electron chi connectivity index (χ2n) is 3.37. The van der Waals surface area contributed by atoms with Gasteiger partial charge in [-0.3, -0.25) is 0 Å². The molecule has 0 aromatic heterocycles. The van der Waals surface area contributed by atoms with Crippen LogP contribution in [0.4, 0.5) is 0 Å². The van der Waals surface area contributed by atoms with Crippen molar-refractivity contribution in [1.29, 1.82) is 0 Å². The molecule has 1 heterocycles. The molecule has 70 valence electrons. The van der Waals surface area contributed by atoms with Crippen molar-refractivity contribution in [2.45, 2.75) is 17.4 Å². The third-order valence-electron chi connectivity index (χ3n) is 2.15. The van der Waals surface area contributed by atoms with Crippen LogP contribution >= 0.6 is 11.9 Å². The zero-order valence-corrected chi connectivity index (χ0v) is 8.42. The predicted octanol–water partition coefficient (Wildman–Crippen LogP) is 1.54. The Morgan fingerprint density at radius 1 is 1.46 bits per heavy atom. The minimum absolute atomic E-state index is 0.235. The van der Waals surface area contributed by atoms with Crippen LogP contribution in [0.25, 0.3) is 0 Å². The van der Waals surface area contributed by atoms with Gasteiger partial charge >= 0.3 is 0 Å². The van der Waals surface area contributed by atoms with Gasteiger partial charge in [0, 0.05) is 17.9 Å². The van der Waals surface area contributed by atoms with Gasteiger partial charge in [0.25, 0.3) is 0 Å². The van der Waals surface area contributed by atoms with Crippen molar-refractivity contribution in [3.05, 3.63) is 29.8 Å². The molecule has 3 heteroatoms. The number of aliphatic hydroxyl groups excluding tert-OH is 1. The van der Waals surface area contributed by atoms with Crippen LogP contribution in [-0.2, 0) is 6.42 Å². The van der Waals surface area contributed by atoms with Gasteiger partial charge in [-0.15, -0.1) is 0 Å². The number of fused-ring (bicyclic) bond motifs is 1. The molecular formula is C10H13NOS. The summed E-state index contributed by atoms with van der Waals surface area (Å²) in [6.07, 6.45) is 0.536. The van der Waals surface area contributed by atoms with E-state index in [0.29, 0.717) is 0 Å². The molecule has 0 fully saturated rings. The Bertz CT molecular complexity index is 274. The number of benzene rings is 1. The molecule has 0 radical (unpaired) electrons. The van der Waals surface area contributed by atoms with Gasteiger partial charge in [-0.1, -0.05) is 18.2 Å². The van der Waals surface area contributed by atoms with E-state index in [1.54, 1.807) is 11.9 Å².